The Bertz CT molecular complexity index is 863. The van der Waals surface area contributed by atoms with Crippen LogP contribution >= 0.6 is 0 Å². The third kappa shape index (κ3) is 1.45. The summed E-state index contributed by atoms with van der Waals surface area (Å²) in [5.74, 6) is 1.28. The van der Waals surface area contributed by atoms with E-state index in [9.17, 15) is 4.79 Å². The van der Waals surface area contributed by atoms with Crippen molar-refractivity contribution in [3.05, 3.63) is 41.2 Å². The molecule has 0 radical (unpaired) electrons. The van der Waals surface area contributed by atoms with Crippen LogP contribution in [0, 0.1) is 12.8 Å². The first-order valence-electron chi connectivity index (χ1n) is 6.95. The number of carbonyl (C=O) groups excluding carboxylic acids is 1. The van der Waals surface area contributed by atoms with Crippen LogP contribution in [0.1, 0.15) is 35.1 Å². The number of rotatable bonds is 0. The summed E-state index contributed by atoms with van der Waals surface area (Å²) in [5, 5.41) is 0. The predicted molar refractivity (Wildman–Crippen MR) is 77.0 cm³/mol. The van der Waals surface area contributed by atoms with E-state index in [-0.39, 0.29) is 5.78 Å². The molecule has 0 fully saturated rings. The molecule has 0 saturated carbocycles. The number of nitrogens with zero attached hydrogens (tertiary/aromatic N) is 3. The van der Waals surface area contributed by atoms with E-state index in [4.69, 9.17) is 0 Å². The van der Waals surface area contributed by atoms with Gasteiger partial charge in [0, 0.05) is 12.1 Å². The van der Waals surface area contributed by atoms with Crippen LogP contribution in [-0.2, 0) is 6.42 Å². The maximum absolute atomic E-state index is 12.3. The van der Waals surface area contributed by atoms with Crippen molar-refractivity contribution in [1.82, 2.24) is 14.4 Å². The van der Waals surface area contributed by atoms with Crippen molar-refractivity contribution in [1.29, 1.82) is 0 Å². The molecule has 2 heterocycles. The van der Waals surface area contributed by atoms with Crippen molar-refractivity contribution >= 4 is 22.6 Å². The van der Waals surface area contributed by atoms with Gasteiger partial charge in [0.2, 0.25) is 5.78 Å². The van der Waals surface area contributed by atoms with Gasteiger partial charge in [0.25, 0.3) is 0 Å². The van der Waals surface area contributed by atoms with E-state index in [1.807, 2.05) is 35.6 Å². The van der Waals surface area contributed by atoms with Crippen molar-refractivity contribution in [2.24, 2.45) is 5.92 Å². The Hall–Kier alpha value is -2.23. The standard InChI is InChI=1S/C16H15N3O/c1-9-7-12-15(14(20)8-9)10(2)19-13-6-4-3-5-11(13)17-16(19)18-12/h3-6,9H,7-8H2,1-2H3/t9-/m0/s1. The molecule has 0 saturated heterocycles. The van der Waals surface area contributed by atoms with E-state index >= 15 is 0 Å². The molecule has 3 aromatic rings. The number of aryl methyl sites for hydroxylation is 1. The zero-order valence-electron chi connectivity index (χ0n) is 11.6. The van der Waals surface area contributed by atoms with Crippen molar-refractivity contribution in [3.8, 4) is 0 Å². The average Bonchev–Trinajstić information content (AvgIpc) is 2.75. The number of ketones is 1. The SMILES string of the molecule is Cc1c2c(nc3nc4ccccc4n13)C[C@H](C)CC2=O. The Morgan fingerprint density at radius 3 is 2.85 bits per heavy atom. The Balaban J connectivity index is 2.15. The molecule has 0 aliphatic heterocycles. The third-order valence-corrected chi connectivity index (χ3v) is 4.12. The number of Topliss-reactive ketones (excluding diaryl/α,β-unsaturated/α-hetero) is 1. The topological polar surface area (TPSA) is 47.3 Å². The molecule has 4 rings (SSSR count). The molecular formula is C16H15N3O. The molecule has 0 bridgehead atoms. The van der Waals surface area contributed by atoms with Gasteiger partial charge in [-0.1, -0.05) is 19.1 Å². The van der Waals surface area contributed by atoms with Crippen LogP contribution in [0.15, 0.2) is 24.3 Å². The lowest BCUT2D eigenvalue weighted by Gasteiger charge is -2.21. The second-order valence-corrected chi connectivity index (χ2v) is 5.69. The van der Waals surface area contributed by atoms with Crippen LogP contribution in [0.2, 0.25) is 0 Å². The first kappa shape index (κ1) is 11.6. The summed E-state index contributed by atoms with van der Waals surface area (Å²) in [6, 6.07) is 7.95. The molecule has 4 heteroatoms. The number of fused-ring (bicyclic) bond motifs is 4. The Morgan fingerprint density at radius 2 is 2.00 bits per heavy atom. The van der Waals surface area contributed by atoms with E-state index in [2.05, 4.69) is 16.9 Å². The average molecular weight is 265 g/mol. The van der Waals surface area contributed by atoms with Gasteiger partial charge in [-0.2, -0.15) is 0 Å². The van der Waals surface area contributed by atoms with Gasteiger partial charge in [-0.3, -0.25) is 9.20 Å². The smallest absolute Gasteiger partial charge is 0.235 e. The highest BCUT2D eigenvalue weighted by Crippen LogP contribution is 2.28. The summed E-state index contributed by atoms with van der Waals surface area (Å²) >= 11 is 0. The highest BCUT2D eigenvalue weighted by atomic mass is 16.1. The fourth-order valence-corrected chi connectivity index (χ4v) is 3.25. The summed E-state index contributed by atoms with van der Waals surface area (Å²) in [6.45, 7) is 4.10. The number of para-hydroxylation sites is 2. The molecular weight excluding hydrogens is 250 g/mol. The van der Waals surface area contributed by atoms with Gasteiger partial charge < -0.3 is 0 Å². The van der Waals surface area contributed by atoms with Gasteiger partial charge >= 0.3 is 0 Å². The first-order valence-corrected chi connectivity index (χ1v) is 6.95. The van der Waals surface area contributed by atoms with Gasteiger partial charge in [-0.05, 0) is 31.4 Å². The molecule has 20 heavy (non-hydrogen) atoms. The highest BCUT2D eigenvalue weighted by molar-refractivity contribution is 6.00. The van der Waals surface area contributed by atoms with E-state index < -0.39 is 0 Å². The fraction of sp³-hybridized carbons (Fsp3) is 0.312. The quantitative estimate of drug-likeness (QED) is 0.628. The molecule has 0 amide bonds. The van der Waals surface area contributed by atoms with Crippen LogP contribution in [-0.4, -0.2) is 20.2 Å². The minimum atomic E-state index is 0.212. The molecule has 4 nitrogen and oxygen atoms in total. The lowest BCUT2D eigenvalue weighted by atomic mass is 9.86. The number of carbonyl (C=O) groups is 1. The lowest BCUT2D eigenvalue weighted by molar-refractivity contribution is 0.0951. The summed E-state index contributed by atoms with van der Waals surface area (Å²) in [6.07, 6.45) is 1.48. The first-order chi connectivity index (χ1) is 9.65. The van der Waals surface area contributed by atoms with Gasteiger partial charge in [-0.25, -0.2) is 9.97 Å². The van der Waals surface area contributed by atoms with Crippen LogP contribution in [0.25, 0.3) is 16.8 Å². The van der Waals surface area contributed by atoms with Crippen molar-refractivity contribution in [3.63, 3.8) is 0 Å². The molecule has 0 unspecified atom stereocenters. The van der Waals surface area contributed by atoms with Crippen LogP contribution in [0.3, 0.4) is 0 Å². The Morgan fingerprint density at radius 1 is 1.20 bits per heavy atom. The lowest BCUT2D eigenvalue weighted by Crippen LogP contribution is -2.22. The van der Waals surface area contributed by atoms with Crippen LogP contribution < -0.4 is 0 Å². The molecule has 1 aliphatic rings. The minimum Gasteiger partial charge on any atom is -0.294 e. The summed E-state index contributed by atoms with van der Waals surface area (Å²) in [4.78, 5) is 21.6. The van der Waals surface area contributed by atoms with E-state index in [1.165, 1.54) is 0 Å². The Labute approximate surface area is 116 Å². The second kappa shape index (κ2) is 3.88. The zero-order chi connectivity index (χ0) is 13.9. The Kier molecular flexibility index (Phi) is 2.25. The molecule has 1 aromatic carbocycles. The number of aromatic nitrogens is 3. The maximum Gasteiger partial charge on any atom is 0.235 e. The van der Waals surface area contributed by atoms with Crippen LogP contribution in [0.5, 0.6) is 0 Å². The predicted octanol–water partition coefficient (Wildman–Crippen LogP) is 2.96. The fourth-order valence-electron chi connectivity index (χ4n) is 3.25. The molecule has 2 aromatic heterocycles. The number of imidazole rings is 1. The summed E-state index contributed by atoms with van der Waals surface area (Å²) in [5.41, 5.74) is 4.62. The second-order valence-electron chi connectivity index (χ2n) is 5.69. The summed E-state index contributed by atoms with van der Waals surface area (Å²) in [7, 11) is 0. The normalized spacial score (nSPS) is 18.7. The monoisotopic (exact) mass is 265 g/mol. The largest absolute Gasteiger partial charge is 0.294 e. The summed E-state index contributed by atoms with van der Waals surface area (Å²) < 4.78 is 2.00. The van der Waals surface area contributed by atoms with Crippen molar-refractivity contribution in [2.45, 2.75) is 26.7 Å². The number of hydrogen-bond donors (Lipinski definition) is 0. The van der Waals surface area contributed by atoms with Crippen LogP contribution in [0.4, 0.5) is 0 Å². The van der Waals surface area contributed by atoms with Gasteiger partial charge in [0.15, 0.2) is 5.78 Å². The minimum absolute atomic E-state index is 0.212. The number of hydrogen-bond acceptors (Lipinski definition) is 3. The molecule has 1 aliphatic carbocycles. The van der Waals surface area contributed by atoms with Gasteiger partial charge in [0.1, 0.15) is 0 Å². The highest BCUT2D eigenvalue weighted by Gasteiger charge is 2.27. The van der Waals surface area contributed by atoms with E-state index in [1.54, 1.807) is 0 Å². The zero-order valence-corrected chi connectivity index (χ0v) is 11.6. The third-order valence-electron chi connectivity index (χ3n) is 4.12. The maximum atomic E-state index is 12.3. The van der Waals surface area contributed by atoms with E-state index in [0.717, 1.165) is 34.4 Å². The van der Waals surface area contributed by atoms with E-state index in [0.29, 0.717) is 18.1 Å². The van der Waals surface area contributed by atoms with Crippen molar-refractivity contribution in [2.75, 3.05) is 0 Å². The number of benzene rings is 1. The molecule has 1 atom stereocenters. The van der Waals surface area contributed by atoms with Gasteiger partial charge in [-0.15, -0.1) is 0 Å². The molecule has 100 valence electrons. The molecule has 0 spiro atoms. The molecule has 0 N–H and O–H groups in total. The van der Waals surface area contributed by atoms with Gasteiger partial charge in [0.05, 0.1) is 22.3 Å². The van der Waals surface area contributed by atoms with Crippen molar-refractivity contribution < 1.29 is 4.79 Å².